The lowest BCUT2D eigenvalue weighted by Gasteiger charge is -2.19. The molecule has 1 heterocycles. The molecule has 0 unspecified atom stereocenters. The Balaban J connectivity index is 2.29. The Morgan fingerprint density at radius 3 is 2.63 bits per heavy atom. The first-order chi connectivity index (χ1) is 9.04. The highest BCUT2D eigenvalue weighted by atomic mass is 32.1. The van der Waals surface area contributed by atoms with Crippen LogP contribution in [0, 0.1) is 12.8 Å². The highest BCUT2D eigenvalue weighted by Gasteiger charge is 2.20. The van der Waals surface area contributed by atoms with Crippen molar-refractivity contribution in [2.45, 2.75) is 26.8 Å². The summed E-state index contributed by atoms with van der Waals surface area (Å²) in [5.41, 5.74) is 1.01. The SMILES string of the molecule is Cc1c(C(=O)N[C@H](CO)C(C)C)sc2ccccc12. The number of nitrogens with one attached hydrogen (secondary N) is 1. The first-order valence-corrected chi connectivity index (χ1v) is 7.26. The van der Waals surface area contributed by atoms with Gasteiger partial charge in [0.05, 0.1) is 17.5 Å². The number of fused-ring (bicyclic) bond motifs is 1. The highest BCUT2D eigenvalue weighted by molar-refractivity contribution is 7.21. The number of benzene rings is 1. The van der Waals surface area contributed by atoms with Crippen LogP contribution in [0.1, 0.15) is 29.1 Å². The largest absolute Gasteiger partial charge is 0.394 e. The molecule has 1 atom stereocenters. The fourth-order valence-corrected chi connectivity index (χ4v) is 3.16. The van der Waals surface area contributed by atoms with Crippen LogP contribution in [-0.4, -0.2) is 23.7 Å². The van der Waals surface area contributed by atoms with Crippen LogP contribution in [-0.2, 0) is 0 Å². The maximum absolute atomic E-state index is 12.3. The molecule has 1 aromatic heterocycles. The van der Waals surface area contributed by atoms with Crippen LogP contribution >= 0.6 is 11.3 Å². The number of amides is 1. The second-order valence-electron chi connectivity index (χ2n) is 5.06. The van der Waals surface area contributed by atoms with Crippen LogP contribution in [0.25, 0.3) is 10.1 Å². The average molecular weight is 277 g/mol. The molecule has 0 radical (unpaired) electrons. The monoisotopic (exact) mass is 277 g/mol. The van der Waals surface area contributed by atoms with E-state index >= 15 is 0 Å². The predicted octanol–water partition coefficient (Wildman–Crippen LogP) is 2.96. The van der Waals surface area contributed by atoms with Gasteiger partial charge in [-0.3, -0.25) is 4.79 Å². The minimum absolute atomic E-state index is 0.0344. The van der Waals surface area contributed by atoms with Crippen LogP contribution in [0.3, 0.4) is 0 Å². The molecule has 3 nitrogen and oxygen atoms in total. The number of aryl methyl sites for hydroxylation is 1. The Hall–Kier alpha value is -1.39. The number of hydrogen-bond donors (Lipinski definition) is 2. The molecule has 0 aliphatic carbocycles. The number of aliphatic hydroxyl groups is 1. The molecule has 2 aromatic rings. The van der Waals surface area contributed by atoms with Gasteiger partial charge in [0.15, 0.2) is 0 Å². The molecule has 2 rings (SSSR count). The summed E-state index contributed by atoms with van der Waals surface area (Å²) >= 11 is 1.50. The summed E-state index contributed by atoms with van der Waals surface area (Å²) in [5.74, 6) is 0.120. The third kappa shape index (κ3) is 2.80. The van der Waals surface area contributed by atoms with E-state index in [1.807, 2.05) is 45.0 Å². The first-order valence-electron chi connectivity index (χ1n) is 6.44. The Kier molecular flexibility index (Phi) is 4.22. The van der Waals surface area contributed by atoms with Crippen LogP contribution < -0.4 is 5.32 Å². The van der Waals surface area contributed by atoms with Crippen molar-refractivity contribution in [1.29, 1.82) is 0 Å². The lowest BCUT2D eigenvalue weighted by molar-refractivity contribution is 0.0900. The summed E-state index contributed by atoms with van der Waals surface area (Å²) in [6.07, 6.45) is 0. The molecule has 2 N–H and O–H groups in total. The van der Waals surface area contributed by atoms with Gasteiger partial charge in [-0.15, -0.1) is 11.3 Å². The molecule has 0 aliphatic heterocycles. The van der Waals surface area contributed by atoms with Crippen LogP contribution in [0.15, 0.2) is 24.3 Å². The zero-order chi connectivity index (χ0) is 14.0. The molecule has 0 saturated carbocycles. The lowest BCUT2D eigenvalue weighted by atomic mass is 10.1. The maximum atomic E-state index is 12.3. The Labute approximate surface area is 117 Å². The number of carbonyl (C=O) groups is 1. The number of hydrogen-bond acceptors (Lipinski definition) is 3. The molecule has 0 fully saturated rings. The maximum Gasteiger partial charge on any atom is 0.261 e. The van der Waals surface area contributed by atoms with Gasteiger partial charge in [0.1, 0.15) is 0 Å². The number of thiophene rings is 1. The van der Waals surface area contributed by atoms with Gasteiger partial charge in [-0.1, -0.05) is 32.0 Å². The van der Waals surface area contributed by atoms with E-state index in [1.54, 1.807) is 0 Å². The van der Waals surface area contributed by atoms with Gasteiger partial charge >= 0.3 is 0 Å². The first kappa shape index (κ1) is 14.0. The minimum Gasteiger partial charge on any atom is -0.394 e. The Morgan fingerprint density at radius 2 is 2.05 bits per heavy atom. The number of rotatable bonds is 4. The zero-order valence-electron chi connectivity index (χ0n) is 11.4. The molecule has 102 valence electrons. The van der Waals surface area contributed by atoms with Gasteiger partial charge < -0.3 is 10.4 Å². The van der Waals surface area contributed by atoms with Gasteiger partial charge in [-0.25, -0.2) is 0 Å². The van der Waals surface area contributed by atoms with E-state index in [2.05, 4.69) is 5.32 Å². The van der Waals surface area contributed by atoms with E-state index in [4.69, 9.17) is 0 Å². The van der Waals surface area contributed by atoms with Crippen molar-refractivity contribution in [3.05, 3.63) is 34.7 Å². The number of carbonyl (C=O) groups excluding carboxylic acids is 1. The fraction of sp³-hybridized carbons (Fsp3) is 0.400. The molecule has 0 aliphatic rings. The molecule has 0 saturated heterocycles. The summed E-state index contributed by atoms with van der Waals surface area (Å²) in [4.78, 5) is 13.0. The van der Waals surface area contributed by atoms with Crippen molar-refractivity contribution in [3.63, 3.8) is 0 Å². The second-order valence-corrected chi connectivity index (χ2v) is 6.11. The van der Waals surface area contributed by atoms with Crippen molar-refractivity contribution in [3.8, 4) is 0 Å². The van der Waals surface area contributed by atoms with Crippen LogP contribution in [0.2, 0.25) is 0 Å². The van der Waals surface area contributed by atoms with Crippen molar-refractivity contribution in [1.82, 2.24) is 5.32 Å². The second kappa shape index (κ2) is 5.72. The Morgan fingerprint density at radius 1 is 1.37 bits per heavy atom. The summed E-state index contributed by atoms with van der Waals surface area (Å²) in [7, 11) is 0. The zero-order valence-corrected chi connectivity index (χ0v) is 12.3. The quantitative estimate of drug-likeness (QED) is 0.902. The smallest absolute Gasteiger partial charge is 0.261 e. The van der Waals surface area contributed by atoms with Gasteiger partial charge in [0, 0.05) is 4.70 Å². The summed E-state index contributed by atoms with van der Waals surface area (Å²) in [6, 6.07) is 7.82. The lowest BCUT2D eigenvalue weighted by Crippen LogP contribution is -2.41. The normalized spacial score (nSPS) is 12.9. The predicted molar refractivity (Wildman–Crippen MR) is 79.7 cm³/mol. The minimum atomic E-state index is -0.197. The van der Waals surface area contributed by atoms with E-state index in [-0.39, 0.29) is 24.5 Å². The molecule has 19 heavy (non-hydrogen) atoms. The van der Waals surface area contributed by atoms with Crippen molar-refractivity contribution < 1.29 is 9.90 Å². The summed E-state index contributed by atoms with van der Waals surface area (Å²) < 4.78 is 1.12. The third-order valence-electron chi connectivity index (χ3n) is 3.37. The van der Waals surface area contributed by atoms with Gasteiger partial charge in [-0.05, 0) is 29.9 Å². The molecule has 1 aromatic carbocycles. The number of aliphatic hydroxyl groups excluding tert-OH is 1. The summed E-state index contributed by atoms with van der Waals surface area (Å²) in [6.45, 7) is 5.91. The molecule has 0 spiro atoms. The highest BCUT2D eigenvalue weighted by Crippen LogP contribution is 2.30. The topological polar surface area (TPSA) is 49.3 Å². The van der Waals surface area contributed by atoms with Gasteiger partial charge in [0.25, 0.3) is 5.91 Å². The van der Waals surface area contributed by atoms with E-state index in [0.29, 0.717) is 0 Å². The van der Waals surface area contributed by atoms with E-state index in [0.717, 1.165) is 20.5 Å². The molecule has 1 amide bonds. The summed E-state index contributed by atoms with van der Waals surface area (Å²) in [5, 5.41) is 13.3. The fourth-order valence-electron chi connectivity index (χ4n) is 2.05. The van der Waals surface area contributed by atoms with Gasteiger partial charge in [-0.2, -0.15) is 0 Å². The molecular weight excluding hydrogens is 258 g/mol. The molecule has 0 bridgehead atoms. The van der Waals surface area contributed by atoms with Crippen molar-refractivity contribution in [2.75, 3.05) is 6.61 Å². The van der Waals surface area contributed by atoms with Gasteiger partial charge in [0.2, 0.25) is 0 Å². The Bertz CT molecular complexity index is 589. The van der Waals surface area contributed by atoms with Crippen LogP contribution in [0.5, 0.6) is 0 Å². The van der Waals surface area contributed by atoms with E-state index in [9.17, 15) is 9.90 Å². The standard InChI is InChI=1S/C15H19NO2S/c1-9(2)12(8-17)16-15(18)14-10(3)11-6-4-5-7-13(11)19-14/h4-7,9,12,17H,8H2,1-3H3,(H,16,18)/t12-/m1/s1. The average Bonchev–Trinajstić information content (AvgIpc) is 2.73. The van der Waals surface area contributed by atoms with E-state index in [1.165, 1.54) is 11.3 Å². The van der Waals surface area contributed by atoms with Crippen LogP contribution in [0.4, 0.5) is 0 Å². The van der Waals surface area contributed by atoms with E-state index < -0.39 is 0 Å². The molecular formula is C15H19NO2S. The van der Waals surface area contributed by atoms with Crippen molar-refractivity contribution in [2.24, 2.45) is 5.92 Å². The third-order valence-corrected chi connectivity index (χ3v) is 4.64. The molecule has 4 heteroatoms. The van der Waals surface area contributed by atoms with Crippen molar-refractivity contribution >= 4 is 27.3 Å².